The number of aromatic amines is 1. The molecule has 4 heterocycles. The second kappa shape index (κ2) is 5.22. The summed E-state index contributed by atoms with van der Waals surface area (Å²) in [5, 5.41) is 12.6. The summed E-state index contributed by atoms with van der Waals surface area (Å²) in [6.45, 7) is 4.12. The number of rotatable bonds is 2. The van der Waals surface area contributed by atoms with Crippen LogP contribution in [-0.4, -0.2) is 25.1 Å². The predicted octanol–water partition coefficient (Wildman–Crippen LogP) is 4.48. The molecule has 4 aromatic heterocycles. The average Bonchev–Trinajstić information content (AvgIpc) is 3.18. The normalized spacial score (nSPS) is 11.6. The third kappa shape index (κ3) is 2.24. The van der Waals surface area contributed by atoms with Crippen molar-refractivity contribution in [1.29, 1.82) is 0 Å². The molecular weight excluding hydrogens is 332 g/mol. The molecule has 0 aliphatic carbocycles. The van der Waals surface area contributed by atoms with Crippen molar-refractivity contribution in [3.05, 3.63) is 48.0 Å². The van der Waals surface area contributed by atoms with E-state index in [0.29, 0.717) is 0 Å². The summed E-state index contributed by atoms with van der Waals surface area (Å²) < 4.78 is 1.02. The van der Waals surface area contributed by atoms with Gasteiger partial charge in [-0.05, 0) is 43.7 Å². The van der Waals surface area contributed by atoms with Crippen LogP contribution in [0.5, 0.6) is 0 Å². The summed E-state index contributed by atoms with van der Waals surface area (Å²) >= 11 is 1.62. The van der Waals surface area contributed by atoms with Gasteiger partial charge in [0.05, 0.1) is 21.9 Å². The van der Waals surface area contributed by atoms with Gasteiger partial charge in [-0.1, -0.05) is 0 Å². The molecule has 0 aliphatic rings. The largest absolute Gasteiger partial charge is 0.339 e. The summed E-state index contributed by atoms with van der Waals surface area (Å²) in [4.78, 5) is 14.6. The van der Waals surface area contributed by atoms with Crippen molar-refractivity contribution in [1.82, 2.24) is 25.1 Å². The van der Waals surface area contributed by atoms with Gasteiger partial charge >= 0.3 is 0 Å². The quantitative estimate of drug-likeness (QED) is 0.493. The Balaban J connectivity index is 1.69. The number of aryl methyl sites for hydroxylation is 2. The fourth-order valence-electron chi connectivity index (χ4n) is 3.15. The van der Waals surface area contributed by atoms with Crippen LogP contribution in [0.3, 0.4) is 0 Å². The number of fused-ring (bicyclic) bond motifs is 4. The van der Waals surface area contributed by atoms with E-state index in [0.717, 1.165) is 48.5 Å². The van der Waals surface area contributed by atoms with Crippen LogP contribution >= 0.6 is 11.3 Å². The van der Waals surface area contributed by atoms with Gasteiger partial charge in [-0.25, -0.2) is 15.0 Å². The first kappa shape index (κ1) is 14.3. The minimum absolute atomic E-state index is 0.795. The van der Waals surface area contributed by atoms with E-state index in [2.05, 4.69) is 43.5 Å². The van der Waals surface area contributed by atoms with Crippen LogP contribution in [0.15, 0.2) is 36.8 Å². The molecule has 2 N–H and O–H groups in total. The lowest BCUT2D eigenvalue weighted by Gasteiger charge is -2.06. The summed E-state index contributed by atoms with van der Waals surface area (Å²) in [7, 11) is 0. The molecule has 0 unspecified atom stereocenters. The van der Waals surface area contributed by atoms with Gasteiger partial charge in [-0.3, -0.25) is 5.10 Å². The summed E-state index contributed by atoms with van der Waals surface area (Å²) in [6, 6.07) is 8.17. The Hall–Kier alpha value is -3.06. The minimum Gasteiger partial charge on any atom is -0.339 e. The third-order valence-electron chi connectivity index (χ3n) is 4.26. The van der Waals surface area contributed by atoms with Crippen molar-refractivity contribution in [2.45, 2.75) is 13.8 Å². The number of thiophene rings is 1. The molecule has 25 heavy (non-hydrogen) atoms. The van der Waals surface area contributed by atoms with E-state index in [9.17, 15) is 0 Å². The monoisotopic (exact) mass is 346 g/mol. The molecule has 122 valence electrons. The van der Waals surface area contributed by atoms with Gasteiger partial charge in [0.2, 0.25) is 0 Å². The maximum atomic E-state index is 4.67. The van der Waals surface area contributed by atoms with Gasteiger partial charge in [0, 0.05) is 22.2 Å². The smallest absolute Gasteiger partial charge is 0.151 e. The zero-order valence-corrected chi connectivity index (χ0v) is 14.5. The molecule has 5 rings (SSSR count). The molecular formula is C18H14N6S. The summed E-state index contributed by atoms with van der Waals surface area (Å²) in [5.74, 6) is 0.795. The van der Waals surface area contributed by atoms with Gasteiger partial charge < -0.3 is 5.32 Å². The van der Waals surface area contributed by atoms with Crippen LogP contribution in [-0.2, 0) is 0 Å². The highest BCUT2D eigenvalue weighted by molar-refractivity contribution is 7.26. The lowest BCUT2D eigenvalue weighted by molar-refractivity contribution is 1.12. The van der Waals surface area contributed by atoms with Crippen molar-refractivity contribution in [2.24, 2.45) is 0 Å². The molecule has 0 amide bonds. The summed E-state index contributed by atoms with van der Waals surface area (Å²) in [5.41, 5.74) is 5.10. The van der Waals surface area contributed by atoms with Crippen LogP contribution in [0.4, 0.5) is 11.5 Å². The highest BCUT2D eigenvalue weighted by Crippen LogP contribution is 2.37. The van der Waals surface area contributed by atoms with Crippen molar-refractivity contribution >= 4 is 54.2 Å². The Kier molecular flexibility index (Phi) is 2.98. The zero-order valence-electron chi connectivity index (χ0n) is 13.7. The third-order valence-corrected chi connectivity index (χ3v) is 5.34. The molecule has 6 nitrogen and oxygen atoms in total. The van der Waals surface area contributed by atoms with Crippen LogP contribution in [0.25, 0.3) is 31.3 Å². The van der Waals surface area contributed by atoms with Crippen molar-refractivity contribution < 1.29 is 0 Å². The van der Waals surface area contributed by atoms with Crippen LogP contribution in [0.2, 0.25) is 0 Å². The first-order valence-electron chi connectivity index (χ1n) is 7.90. The highest BCUT2D eigenvalue weighted by atomic mass is 32.1. The topological polar surface area (TPSA) is 79.4 Å². The van der Waals surface area contributed by atoms with E-state index in [1.807, 2.05) is 31.3 Å². The minimum atomic E-state index is 0.795. The number of aromatic nitrogens is 5. The van der Waals surface area contributed by atoms with Crippen molar-refractivity contribution in [3.8, 4) is 0 Å². The van der Waals surface area contributed by atoms with E-state index >= 15 is 0 Å². The molecule has 0 fully saturated rings. The molecule has 0 saturated carbocycles. The van der Waals surface area contributed by atoms with Crippen molar-refractivity contribution in [2.75, 3.05) is 5.32 Å². The lowest BCUT2D eigenvalue weighted by atomic mass is 10.1. The Morgan fingerprint density at radius 3 is 2.96 bits per heavy atom. The molecule has 0 aliphatic heterocycles. The fraction of sp³-hybridized carbons (Fsp3) is 0.111. The molecule has 7 heteroatoms. The van der Waals surface area contributed by atoms with Crippen LogP contribution in [0, 0.1) is 13.8 Å². The number of benzene rings is 1. The molecule has 5 aromatic rings. The summed E-state index contributed by atoms with van der Waals surface area (Å²) in [6.07, 6.45) is 3.41. The SMILES string of the molecule is Cc1cc(C)c2c(n1)sc1c(Nc3ccc4cn[nH]c4c3)ncnc12. The average molecular weight is 346 g/mol. The van der Waals surface area contributed by atoms with Gasteiger partial charge in [0.25, 0.3) is 0 Å². The van der Waals surface area contributed by atoms with Crippen molar-refractivity contribution in [3.63, 3.8) is 0 Å². The number of hydrogen-bond donors (Lipinski definition) is 2. The van der Waals surface area contributed by atoms with E-state index < -0.39 is 0 Å². The molecule has 0 radical (unpaired) electrons. The Bertz CT molecular complexity index is 1250. The molecule has 0 atom stereocenters. The Morgan fingerprint density at radius 1 is 1.12 bits per heavy atom. The maximum absolute atomic E-state index is 4.67. The zero-order chi connectivity index (χ0) is 17.0. The van der Waals surface area contributed by atoms with Gasteiger partial charge in [0.15, 0.2) is 5.82 Å². The molecule has 0 saturated heterocycles. The number of nitrogens with zero attached hydrogens (tertiary/aromatic N) is 4. The first-order chi connectivity index (χ1) is 12.2. The highest BCUT2D eigenvalue weighted by Gasteiger charge is 2.14. The predicted molar refractivity (Wildman–Crippen MR) is 102 cm³/mol. The van der Waals surface area contributed by atoms with Gasteiger partial charge in [-0.15, -0.1) is 11.3 Å². The number of nitrogens with one attached hydrogen (secondary N) is 2. The number of pyridine rings is 1. The number of anilines is 2. The van der Waals surface area contributed by atoms with E-state index in [-0.39, 0.29) is 0 Å². The second-order valence-corrected chi connectivity index (χ2v) is 7.06. The lowest BCUT2D eigenvalue weighted by Crippen LogP contribution is -1.94. The molecule has 0 bridgehead atoms. The van der Waals surface area contributed by atoms with Crippen LogP contribution in [0.1, 0.15) is 11.3 Å². The standard InChI is InChI=1S/C18H14N6S/c1-9-5-10(2)22-18-14(9)15-16(25-18)17(20-8-19-15)23-12-4-3-11-7-21-24-13(11)6-12/h3-8H,1-2H3,(H,21,24)(H,19,20,23). The fourth-order valence-corrected chi connectivity index (χ4v) is 4.34. The Morgan fingerprint density at radius 2 is 2.04 bits per heavy atom. The van der Waals surface area contributed by atoms with E-state index in [4.69, 9.17) is 0 Å². The molecule has 1 aromatic carbocycles. The number of H-pyrrole nitrogens is 1. The van der Waals surface area contributed by atoms with E-state index in [1.54, 1.807) is 17.7 Å². The Labute approximate surface area is 147 Å². The number of hydrogen-bond acceptors (Lipinski definition) is 6. The first-order valence-corrected chi connectivity index (χ1v) is 8.72. The van der Waals surface area contributed by atoms with Gasteiger partial charge in [-0.2, -0.15) is 5.10 Å². The van der Waals surface area contributed by atoms with Crippen LogP contribution < -0.4 is 5.32 Å². The second-order valence-electron chi connectivity index (χ2n) is 6.06. The maximum Gasteiger partial charge on any atom is 0.151 e. The van der Waals surface area contributed by atoms with Gasteiger partial charge in [0.1, 0.15) is 11.2 Å². The van der Waals surface area contributed by atoms with E-state index in [1.165, 1.54) is 5.56 Å². The molecule has 0 spiro atoms.